The van der Waals surface area contributed by atoms with Gasteiger partial charge in [-0.2, -0.15) is 0 Å². The molecule has 0 radical (unpaired) electrons. The minimum absolute atomic E-state index is 0.0404. The molecular weight excluding hydrogens is 254 g/mol. The molecule has 0 aliphatic carbocycles. The summed E-state index contributed by atoms with van der Waals surface area (Å²) in [6, 6.07) is 10.2. The second-order valence-corrected chi connectivity index (χ2v) is 4.91. The molecule has 0 spiro atoms. The van der Waals surface area contributed by atoms with E-state index < -0.39 is 0 Å². The van der Waals surface area contributed by atoms with Crippen LogP contribution in [0.1, 0.15) is 5.56 Å². The number of carbonyl (C=O) groups excluding carboxylic acids is 1. The van der Waals surface area contributed by atoms with Gasteiger partial charge in [0, 0.05) is 32.7 Å². The van der Waals surface area contributed by atoms with E-state index in [0.717, 1.165) is 13.0 Å². The predicted molar refractivity (Wildman–Crippen MR) is 78.4 cm³/mol. The molecule has 2 rings (SSSR count). The predicted octanol–water partition coefficient (Wildman–Crippen LogP) is 0.00480. The van der Waals surface area contributed by atoms with Crippen LogP contribution < -0.4 is 11.1 Å². The van der Waals surface area contributed by atoms with Crippen LogP contribution in [-0.2, 0) is 16.0 Å². The molecule has 1 atom stereocenters. The van der Waals surface area contributed by atoms with Crippen molar-refractivity contribution in [3.8, 4) is 0 Å². The van der Waals surface area contributed by atoms with Crippen LogP contribution in [-0.4, -0.2) is 56.2 Å². The van der Waals surface area contributed by atoms with Crippen molar-refractivity contribution < 1.29 is 9.53 Å². The summed E-state index contributed by atoms with van der Waals surface area (Å²) in [5.41, 5.74) is 6.84. The number of nitrogens with two attached hydrogens (primary N) is 1. The van der Waals surface area contributed by atoms with Crippen molar-refractivity contribution in [2.75, 3.05) is 39.3 Å². The van der Waals surface area contributed by atoms with Crippen LogP contribution in [0.3, 0.4) is 0 Å². The quantitative estimate of drug-likeness (QED) is 0.768. The fourth-order valence-corrected chi connectivity index (χ4v) is 2.32. The Morgan fingerprint density at radius 3 is 2.80 bits per heavy atom. The maximum atomic E-state index is 12.4. The molecule has 1 aromatic rings. The van der Waals surface area contributed by atoms with Crippen molar-refractivity contribution in [2.45, 2.75) is 12.5 Å². The van der Waals surface area contributed by atoms with E-state index in [9.17, 15) is 4.79 Å². The van der Waals surface area contributed by atoms with E-state index >= 15 is 0 Å². The van der Waals surface area contributed by atoms with Crippen molar-refractivity contribution in [3.63, 3.8) is 0 Å². The molecular formula is C15H23N3O2. The normalized spacial score (nSPS) is 18.8. The average molecular weight is 277 g/mol. The first-order valence-corrected chi connectivity index (χ1v) is 7.16. The molecule has 0 saturated carbocycles. The number of carbonyl (C=O) groups is 1. The second-order valence-electron chi connectivity index (χ2n) is 4.91. The van der Waals surface area contributed by atoms with Crippen LogP contribution >= 0.6 is 0 Å². The molecule has 1 aromatic carbocycles. The Morgan fingerprint density at radius 2 is 2.15 bits per heavy atom. The lowest BCUT2D eigenvalue weighted by Gasteiger charge is -2.29. The smallest absolute Gasteiger partial charge is 0.253 e. The molecule has 110 valence electrons. The number of rotatable bonds is 6. The molecule has 1 aliphatic rings. The molecule has 5 nitrogen and oxygen atoms in total. The lowest BCUT2D eigenvalue weighted by atomic mass is 10.1. The molecule has 0 bridgehead atoms. The Balaban J connectivity index is 1.90. The van der Waals surface area contributed by atoms with Gasteiger partial charge in [-0.25, -0.2) is 0 Å². The van der Waals surface area contributed by atoms with Gasteiger partial charge in [0.05, 0.1) is 6.61 Å². The molecule has 0 aromatic heterocycles. The zero-order valence-electron chi connectivity index (χ0n) is 11.8. The fraction of sp³-hybridized carbons (Fsp3) is 0.533. The van der Waals surface area contributed by atoms with Gasteiger partial charge in [-0.15, -0.1) is 0 Å². The van der Waals surface area contributed by atoms with Gasteiger partial charge in [0.25, 0.3) is 5.91 Å². The van der Waals surface area contributed by atoms with E-state index in [2.05, 4.69) is 17.4 Å². The van der Waals surface area contributed by atoms with E-state index in [1.807, 2.05) is 23.1 Å². The highest BCUT2D eigenvalue weighted by molar-refractivity contribution is 5.81. The number of morpholine rings is 1. The number of hydrogen-bond acceptors (Lipinski definition) is 4. The summed E-state index contributed by atoms with van der Waals surface area (Å²) in [5, 5.41) is 3.18. The van der Waals surface area contributed by atoms with Gasteiger partial charge < -0.3 is 20.7 Å². The Labute approximate surface area is 120 Å². The maximum Gasteiger partial charge on any atom is 0.253 e. The number of nitrogens with zero attached hydrogens (tertiary/aromatic N) is 1. The maximum absolute atomic E-state index is 12.4. The van der Waals surface area contributed by atoms with Crippen molar-refractivity contribution >= 4 is 5.91 Å². The highest BCUT2D eigenvalue weighted by Gasteiger charge is 2.26. The number of benzene rings is 1. The van der Waals surface area contributed by atoms with Crippen LogP contribution in [0.4, 0.5) is 0 Å². The first kappa shape index (κ1) is 15.0. The molecule has 1 saturated heterocycles. The van der Waals surface area contributed by atoms with Crippen LogP contribution in [0.15, 0.2) is 30.3 Å². The molecule has 1 amide bonds. The summed E-state index contributed by atoms with van der Waals surface area (Å²) >= 11 is 0. The summed E-state index contributed by atoms with van der Waals surface area (Å²) in [7, 11) is 0. The lowest BCUT2D eigenvalue weighted by molar-refractivity contribution is -0.145. The zero-order valence-corrected chi connectivity index (χ0v) is 11.8. The molecule has 0 unspecified atom stereocenters. The summed E-state index contributed by atoms with van der Waals surface area (Å²) < 4.78 is 5.52. The standard InChI is InChI=1S/C15H23N3O2/c16-7-10-18(9-6-13-4-2-1-3-5-13)15(19)14-12-17-8-11-20-14/h1-5,14,17H,6-12,16H2/t14-/m1/s1. The Morgan fingerprint density at radius 1 is 1.35 bits per heavy atom. The molecule has 3 N–H and O–H groups in total. The van der Waals surface area contributed by atoms with Gasteiger partial charge >= 0.3 is 0 Å². The molecule has 5 heteroatoms. The summed E-state index contributed by atoms with van der Waals surface area (Å²) in [4.78, 5) is 14.2. The Kier molecular flexibility index (Phi) is 5.98. The zero-order chi connectivity index (χ0) is 14.2. The number of nitrogens with one attached hydrogen (secondary N) is 1. The van der Waals surface area contributed by atoms with Crippen LogP contribution in [0.2, 0.25) is 0 Å². The molecule has 1 fully saturated rings. The van der Waals surface area contributed by atoms with Gasteiger partial charge in [-0.05, 0) is 12.0 Å². The van der Waals surface area contributed by atoms with E-state index in [4.69, 9.17) is 10.5 Å². The van der Waals surface area contributed by atoms with E-state index in [1.54, 1.807) is 0 Å². The number of hydrogen-bond donors (Lipinski definition) is 2. The SMILES string of the molecule is NCCN(CCc1ccccc1)C(=O)[C@H]1CNCCO1. The van der Waals surface area contributed by atoms with Crippen LogP contribution in [0, 0.1) is 0 Å². The average Bonchev–Trinajstić information content (AvgIpc) is 2.52. The summed E-state index contributed by atoms with van der Waals surface area (Å²) in [5.74, 6) is 0.0404. The van der Waals surface area contributed by atoms with Crippen molar-refractivity contribution in [1.29, 1.82) is 0 Å². The second kappa shape index (κ2) is 7.99. The third-order valence-electron chi connectivity index (χ3n) is 3.43. The highest BCUT2D eigenvalue weighted by atomic mass is 16.5. The topological polar surface area (TPSA) is 67.6 Å². The summed E-state index contributed by atoms with van der Waals surface area (Å²) in [6.45, 7) is 3.72. The van der Waals surface area contributed by atoms with E-state index in [0.29, 0.717) is 32.8 Å². The lowest BCUT2D eigenvalue weighted by Crippen LogP contribution is -2.50. The minimum atomic E-state index is -0.369. The van der Waals surface area contributed by atoms with Crippen molar-refractivity contribution in [1.82, 2.24) is 10.2 Å². The van der Waals surface area contributed by atoms with Gasteiger partial charge in [0.1, 0.15) is 6.10 Å². The van der Waals surface area contributed by atoms with Crippen LogP contribution in [0.5, 0.6) is 0 Å². The molecule has 20 heavy (non-hydrogen) atoms. The van der Waals surface area contributed by atoms with Gasteiger partial charge in [0.2, 0.25) is 0 Å². The number of amides is 1. The molecule has 1 heterocycles. The first-order chi connectivity index (χ1) is 9.81. The van der Waals surface area contributed by atoms with E-state index in [1.165, 1.54) is 5.56 Å². The Bertz CT molecular complexity index is 405. The highest BCUT2D eigenvalue weighted by Crippen LogP contribution is 2.06. The van der Waals surface area contributed by atoms with Crippen molar-refractivity contribution in [3.05, 3.63) is 35.9 Å². The van der Waals surface area contributed by atoms with Gasteiger partial charge in [-0.1, -0.05) is 30.3 Å². The van der Waals surface area contributed by atoms with Crippen LogP contribution in [0.25, 0.3) is 0 Å². The number of ether oxygens (including phenoxy) is 1. The Hall–Kier alpha value is -1.43. The first-order valence-electron chi connectivity index (χ1n) is 7.16. The summed E-state index contributed by atoms with van der Waals surface area (Å²) in [6.07, 6.45) is 0.471. The van der Waals surface area contributed by atoms with Crippen molar-refractivity contribution in [2.24, 2.45) is 5.73 Å². The third-order valence-corrected chi connectivity index (χ3v) is 3.43. The van der Waals surface area contributed by atoms with Gasteiger partial charge in [-0.3, -0.25) is 4.79 Å². The fourth-order valence-electron chi connectivity index (χ4n) is 2.32. The monoisotopic (exact) mass is 277 g/mol. The van der Waals surface area contributed by atoms with Gasteiger partial charge in [0.15, 0.2) is 0 Å². The third kappa shape index (κ3) is 4.30. The minimum Gasteiger partial charge on any atom is -0.366 e. The molecule has 1 aliphatic heterocycles. The van der Waals surface area contributed by atoms with E-state index in [-0.39, 0.29) is 12.0 Å². The largest absolute Gasteiger partial charge is 0.366 e.